The summed E-state index contributed by atoms with van der Waals surface area (Å²) < 4.78 is 8.28. The third-order valence-corrected chi connectivity index (χ3v) is 5.92. The Morgan fingerprint density at radius 2 is 1.67 bits per heavy atom. The minimum atomic E-state index is -1.03. The maximum absolute atomic E-state index is 13.5. The molecule has 0 aliphatic rings. The summed E-state index contributed by atoms with van der Waals surface area (Å²) in [5, 5.41) is 20.4. The molecule has 0 unspecified atom stereocenters. The molecule has 2 N–H and O–H groups in total. The zero-order valence-corrected chi connectivity index (χ0v) is 19.2. The van der Waals surface area contributed by atoms with Crippen molar-refractivity contribution in [1.29, 1.82) is 0 Å². The lowest BCUT2D eigenvalue weighted by Gasteiger charge is -2.12. The molecule has 3 aromatic carbocycles. The van der Waals surface area contributed by atoms with Crippen molar-refractivity contribution in [3.05, 3.63) is 106 Å². The molecule has 0 atom stereocenters. The van der Waals surface area contributed by atoms with E-state index < -0.39 is 5.97 Å². The van der Waals surface area contributed by atoms with Gasteiger partial charge in [0.1, 0.15) is 12.1 Å². The molecule has 180 valence electrons. The van der Waals surface area contributed by atoms with Crippen molar-refractivity contribution in [2.24, 2.45) is 0 Å². The maximum Gasteiger partial charge on any atom is 0.335 e. The van der Waals surface area contributed by atoms with Crippen molar-refractivity contribution >= 4 is 28.6 Å². The number of ether oxygens (including phenoxy) is 1. The second kappa shape index (κ2) is 9.34. The summed E-state index contributed by atoms with van der Waals surface area (Å²) in [4.78, 5) is 37.5. The van der Waals surface area contributed by atoms with E-state index in [0.29, 0.717) is 28.8 Å². The molecule has 0 aliphatic carbocycles. The van der Waals surface area contributed by atoms with Crippen LogP contribution in [0.4, 0.5) is 0 Å². The quantitative estimate of drug-likeness (QED) is 0.364. The highest BCUT2D eigenvalue weighted by atomic mass is 16.5. The fourth-order valence-electron chi connectivity index (χ4n) is 3.98. The molecule has 1 amide bonds. The van der Waals surface area contributed by atoms with Crippen LogP contribution >= 0.6 is 0 Å². The van der Waals surface area contributed by atoms with Gasteiger partial charge in [-0.05, 0) is 53.6 Å². The molecular formula is C26H21N5O5. The number of methoxy groups -OCH3 is 1. The van der Waals surface area contributed by atoms with Gasteiger partial charge in [-0.15, -0.1) is 10.2 Å². The number of fused-ring (bicyclic) bond motifs is 3. The van der Waals surface area contributed by atoms with Crippen LogP contribution in [-0.4, -0.2) is 43.3 Å². The summed E-state index contributed by atoms with van der Waals surface area (Å²) in [6.45, 7) is 0.479. The summed E-state index contributed by atoms with van der Waals surface area (Å²) in [7, 11) is 1.59. The number of carboxylic acid groups (broad SMARTS) is 1. The van der Waals surface area contributed by atoms with Crippen molar-refractivity contribution in [2.45, 2.75) is 13.1 Å². The van der Waals surface area contributed by atoms with Gasteiger partial charge >= 0.3 is 5.97 Å². The standard InChI is InChI=1S/C26H21N5O5/c1-36-20-9-4-16(5-10-20)13-27-23(32)19-8-11-22-21(12-19)24(33)30(26-29-28-15-31(22)26)14-17-2-6-18(7-3-17)25(34)35/h2-12,15H,13-14H2,1H3,(H,27,32)(H,34,35). The van der Waals surface area contributed by atoms with Gasteiger partial charge in [0.15, 0.2) is 0 Å². The Hall–Kier alpha value is -4.99. The van der Waals surface area contributed by atoms with Gasteiger partial charge in [-0.2, -0.15) is 0 Å². The molecule has 0 saturated carbocycles. The molecule has 2 aromatic heterocycles. The van der Waals surface area contributed by atoms with Crippen LogP contribution in [0.15, 0.2) is 77.9 Å². The number of carbonyl (C=O) groups excluding carboxylic acids is 1. The number of hydrogen-bond acceptors (Lipinski definition) is 6. The molecule has 0 aliphatic heterocycles. The Bertz CT molecular complexity index is 1650. The first-order valence-corrected chi connectivity index (χ1v) is 11.0. The fraction of sp³-hybridized carbons (Fsp3) is 0.115. The first kappa shape index (κ1) is 22.8. The molecule has 36 heavy (non-hydrogen) atoms. The average molecular weight is 483 g/mol. The van der Waals surface area contributed by atoms with E-state index in [1.807, 2.05) is 24.3 Å². The lowest BCUT2D eigenvalue weighted by atomic mass is 10.1. The van der Waals surface area contributed by atoms with Gasteiger partial charge in [0.2, 0.25) is 5.78 Å². The van der Waals surface area contributed by atoms with E-state index in [9.17, 15) is 14.4 Å². The third-order valence-electron chi connectivity index (χ3n) is 5.92. The number of amides is 1. The van der Waals surface area contributed by atoms with Crippen molar-refractivity contribution < 1.29 is 19.4 Å². The molecule has 0 fully saturated rings. The highest BCUT2D eigenvalue weighted by Crippen LogP contribution is 2.17. The summed E-state index contributed by atoms with van der Waals surface area (Å²) in [5.74, 6) is -0.269. The molecule has 10 heteroatoms. The second-order valence-corrected chi connectivity index (χ2v) is 8.16. The molecule has 2 heterocycles. The normalized spacial score (nSPS) is 11.0. The van der Waals surface area contributed by atoms with E-state index in [1.54, 1.807) is 41.8 Å². The second-order valence-electron chi connectivity index (χ2n) is 8.16. The number of rotatable bonds is 7. The third kappa shape index (κ3) is 4.27. The molecule has 5 aromatic rings. The van der Waals surface area contributed by atoms with Crippen LogP contribution in [0, 0.1) is 0 Å². The Morgan fingerprint density at radius 3 is 2.36 bits per heavy atom. The minimum Gasteiger partial charge on any atom is -0.497 e. The molecule has 0 saturated heterocycles. The van der Waals surface area contributed by atoms with E-state index >= 15 is 0 Å². The van der Waals surface area contributed by atoms with Gasteiger partial charge in [-0.3, -0.25) is 18.6 Å². The summed E-state index contributed by atoms with van der Waals surface area (Å²) in [5.41, 5.74) is 2.37. The first-order chi connectivity index (χ1) is 17.4. The Kier molecular flexibility index (Phi) is 5.91. The number of nitrogens with zero attached hydrogens (tertiary/aromatic N) is 4. The highest BCUT2D eigenvalue weighted by molar-refractivity contribution is 5.98. The number of benzene rings is 3. The smallest absolute Gasteiger partial charge is 0.335 e. The summed E-state index contributed by atoms with van der Waals surface area (Å²) in [6, 6.07) is 18.5. The van der Waals surface area contributed by atoms with Gasteiger partial charge in [0, 0.05) is 12.1 Å². The first-order valence-electron chi connectivity index (χ1n) is 11.0. The van der Waals surface area contributed by atoms with Crippen molar-refractivity contribution in [3.8, 4) is 5.75 Å². The maximum atomic E-state index is 13.5. The lowest BCUT2D eigenvalue weighted by Crippen LogP contribution is -2.25. The van der Waals surface area contributed by atoms with Crippen LogP contribution in [0.1, 0.15) is 31.8 Å². The number of aromatic carboxylic acids is 1. The Morgan fingerprint density at radius 1 is 0.972 bits per heavy atom. The summed E-state index contributed by atoms with van der Waals surface area (Å²) in [6.07, 6.45) is 1.50. The number of hydrogen-bond donors (Lipinski definition) is 2. The SMILES string of the molecule is COc1ccc(CNC(=O)c2ccc3c(c2)c(=O)n(Cc2ccc(C(=O)O)cc2)c2nncn32)cc1. The van der Waals surface area contributed by atoms with E-state index in [4.69, 9.17) is 9.84 Å². The van der Waals surface area contributed by atoms with Crippen molar-refractivity contribution in [3.63, 3.8) is 0 Å². The minimum absolute atomic E-state index is 0.155. The van der Waals surface area contributed by atoms with E-state index in [1.165, 1.54) is 23.0 Å². The van der Waals surface area contributed by atoms with E-state index in [0.717, 1.165) is 16.9 Å². The van der Waals surface area contributed by atoms with E-state index in [-0.39, 0.29) is 23.6 Å². The molecule has 0 radical (unpaired) electrons. The van der Waals surface area contributed by atoms with Crippen LogP contribution < -0.4 is 15.6 Å². The number of nitrogens with one attached hydrogen (secondary N) is 1. The van der Waals surface area contributed by atoms with Crippen molar-refractivity contribution in [2.75, 3.05) is 7.11 Å². The van der Waals surface area contributed by atoms with Crippen LogP contribution in [0.5, 0.6) is 5.75 Å². The van der Waals surface area contributed by atoms with Gasteiger partial charge < -0.3 is 15.2 Å². The topological polar surface area (TPSA) is 128 Å². The van der Waals surface area contributed by atoms with Gasteiger partial charge in [0.25, 0.3) is 11.5 Å². The number of carbonyl (C=O) groups is 2. The molecule has 0 spiro atoms. The molecule has 0 bridgehead atoms. The molecular weight excluding hydrogens is 462 g/mol. The predicted octanol–water partition coefficient (Wildman–Crippen LogP) is 2.73. The van der Waals surface area contributed by atoms with Crippen LogP contribution in [0.3, 0.4) is 0 Å². The van der Waals surface area contributed by atoms with Crippen LogP contribution in [-0.2, 0) is 13.1 Å². The van der Waals surface area contributed by atoms with Gasteiger partial charge in [-0.25, -0.2) is 4.79 Å². The van der Waals surface area contributed by atoms with Gasteiger partial charge in [0.05, 0.1) is 30.1 Å². The zero-order chi connectivity index (χ0) is 25.2. The van der Waals surface area contributed by atoms with Crippen molar-refractivity contribution in [1.82, 2.24) is 24.5 Å². The average Bonchev–Trinajstić information content (AvgIpc) is 3.40. The zero-order valence-electron chi connectivity index (χ0n) is 19.2. The fourth-order valence-corrected chi connectivity index (χ4v) is 3.98. The van der Waals surface area contributed by atoms with Gasteiger partial charge in [-0.1, -0.05) is 24.3 Å². The Balaban J connectivity index is 1.47. The molecule has 5 rings (SSSR count). The van der Waals surface area contributed by atoms with Crippen LogP contribution in [0.25, 0.3) is 16.7 Å². The Labute approximate surface area is 204 Å². The summed E-state index contributed by atoms with van der Waals surface area (Å²) >= 11 is 0. The monoisotopic (exact) mass is 483 g/mol. The van der Waals surface area contributed by atoms with Crippen LogP contribution in [0.2, 0.25) is 0 Å². The number of carboxylic acids is 1. The highest BCUT2D eigenvalue weighted by Gasteiger charge is 2.16. The van der Waals surface area contributed by atoms with E-state index in [2.05, 4.69) is 15.5 Å². The predicted molar refractivity (Wildman–Crippen MR) is 131 cm³/mol. The largest absolute Gasteiger partial charge is 0.497 e. The number of aromatic nitrogens is 4. The lowest BCUT2D eigenvalue weighted by molar-refractivity contribution is 0.0696. The molecule has 10 nitrogen and oxygen atoms in total.